The van der Waals surface area contributed by atoms with E-state index < -0.39 is 0 Å². The lowest BCUT2D eigenvalue weighted by Gasteiger charge is -2.26. The van der Waals surface area contributed by atoms with Crippen molar-refractivity contribution in [2.45, 2.75) is 19.3 Å². The minimum atomic E-state index is -0.290. The Bertz CT molecular complexity index is 1360. The van der Waals surface area contributed by atoms with E-state index in [9.17, 15) is 9.18 Å². The Labute approximate surface area is 211 Å². The highest BCUT2D eigenvalue weighted by molar-refractivity contribution is 5.95. The van der Waals surface area contributed by atoms with E-state index in [1.807, 2.05) is 48.2 Å². The molecule has 36 heavy (non-hydrogen) atoms. The van der Waals surface area contributed by atoms with Gasteiger partial charge in [0.25, 0.3) is 5.91 Å². The smallest absolute Gasteiger partial charge is 0.253 e. The van der Waals surface area contributed by atoms with Crippen molar-refractivity contribution in [3.05, 3.63) is 119 Å². The maximum Gasteiger partial charge on any atom is 0.253 e. The van der Waals surface area contributed by atoms with Crippen molar-refractivity contribution in [1.82, 2.24) is 4.90 Å². The number of hydrogen-bond acceptors (Lipinski definition) is 3. The predicted octanol–water partition coefficient (Wildman–Crippen LogP) is 6.65. The molecule has 1 saturated carbocycles. The largest absolute Gasteiger partial charge is 0.355 e. The molecule has 0 bridgehead atoms. The van der Waals surface area contributed by atoms with Crippen molar-refractivity contribution < 1.29 is 9.18 Å². The van der Waals surface area contributed by atoms with E-state index in [0.717, 1.165) is 33.6 Å². The van der Waals surface area contributed by atoms with Gasteiger partial charge >= 0.3 is 0 Å². The molecule has 1 aliphatic heterocycles. The van der Waals surface area contributed by atoms with Crippen molar-refractivity contribution in [2.75, 3.05) is 18.4 Å². The summed E-state index contributed by atoms with van der Waals surface area (Å²) in [5.41, 5.74) is 6.13. The molecular formula is C31H30FN3O. The van der Waals surface area contributed by atoms with Crippen molar-refractivity contribution >= 4 is 23.5 Å². The van der Waals surface area contributed by atoms with Crippen molar-refractivity contribution in [3.63, 3.8) is 0 Å². The summed E-state index contributed by atoms with van der Waals surface area (Å²) in [6, 6.07) is 19.8. The molecule has 4 nitrogen and oxygen atoms in total. The van der Waals surface area contributed by atoms with Crippen LogP contribution in [0.1, 0.15) is 34.0 Å². The second-order valence-electron chi connectivity index (χ2n) is 9.78. The lowest BCUT2D eigenvalue weighted by atomic mass is 9.85. The zero-order valence-corrected chi connectivity index (χ0v) is 20.6. The van der Waals surface area contributed by atoms with Gasteiger partial charge in [-0.25, -0.2) is 4.39 Å². The Morgan fingerprint density at radius 1 is 1.17 bits per heavy atom. The van der Waals surface area contributed by atoms with Crippen LogP contribution in [0.15, 0.2) is 91.0 Å². The van der Waals surface area contributed by atoms with Crippen molar-refractivity contribution in [1.29, 1.82) is 5.41 Å². The Morgan fingerprint density at radius 3 is 2.56 bits per heavy atom. The monoisotopic (exact) mass is 479 g/mol. The van der Waals surface area contributed by atoms with E-state index in [-0.39, 0.29) is 29.0 Å². The summed E-state index contributed by atoms with van der Waals surface area (Å²) in [5, 5.41) is 11.4. The van der Waals surface area contributed by atoms with E-state index in [2.05, 4.69) is 37.0 Å². The van der Waals surface area contributed by atoms with Crippen LogP contribution in [0.25, 0.3) is 0 Å². The quantitative estimate of drug-likeness (QED) is 0.295. The number of amides is 1. The molecule has 1 aliphatic carbocycles. The summed E-state index contributed by atoms with van der Waals surface area (Å²) in [6.07, 6.45) is 5.44. The van der Waals surface area contributed by atoms with Gasteiger partial charge in [0.1, 0.15) is 5.82 Å². The maximum absolute atomic E-state index is 13.4. The van der Waals surface area contributed by atoms with Gasteiger partial charge in [0, 0.05) is 53.1 Å². The zero-order valence-electron chi connectivity index (χ0n) is 20.6. The molecule has 182 valence electrons. The third kappa shape index (κ3) is 3.95. The van der Waals surface area contributed by atoms with Crippen molar-refractivity contribution in [3.8, 4) is 0 Å². The van der Waals surface area contributed by atoms with E-state index in [0.29, 0.717) is 18.7 Å². The highest BCUT2D eigenvalue weighted by Gasteiger charge is 2.71. The summed E-state index contributed by atoms with van der Waals surface area (Å²) < 4.78 is 13.4. The number of allylic oxidation sites excluding steroid dienone is 3. The number of benzene rings is 3. The van der Waals surface area contributed by atoms with Crippen molar-refractivity contribution in [2.24, 2.45) is 11.8 Å². The van der Waals surface area contributed by atoms with Gasteiger partial charge in [-0.05, 0) is 79.4 Å². The standard InChI is InChI=1S/C31H30FN3O/c1-4-8-20(2)29-27-18-35(30(36)22-9-6-5-7-10-22)19-31(27,29)26-16-23(17-33)28(15-21(26)3)34-25-13-11-24(32)12-14-25/h4-17,27,29,33-34H,2,18-19H2,1,3H3/b8-4-,33-17?/t27-,29-,31?/m1/s1. The number of carbonyl (C=O) groups excluding carboxylic acids is 1. The fourth-order valence-electron chi connectivity index (χ4n) is 6.04. The molecule has 1 saturated heterocycles. The number of rotatable bonds is 7. The van der Waals surface area contributed by atoms with Crippen LogP contribution in [0.3, 0.4) is 0 Å². The second kappa shape index (κ2) is 9.23. The van der Waals surface area contributed by atoms with Crippen LogP contribution in [0, 0.1) is 30.0 Å². The Kier molecular flexibility index (Phi) is 6.09. The van der Waals surface area contributed by atoms with Crippen LogP contribution in [-0.2, 0) is 5.41 Å². The molecule has 1 heterocycles. The van der Waals surface area contributed by atoms with Gasteiger partial charge in [0.2, 0.25) is 0 Å². The normalized spacial score (nSPS) is 22.4. The molecule has 0 radical (unpaired) electrons. The number of anilines is 2. The number of hydrogen-bond donors (Lipinski definition) is 2. The van der Waals surface area contributed by atoms with Crippen LogP contribution in [0.4, 0.5) is 15.8 Å². The fraction of sp³-hybridized carbons (Fsp3) is 0.226. The van der Waals surface area contributed by atoms with Gasteiger partial charge in [-0.1, -0.05) is 42.5 Å². The molecule has 3 aromatic rings. The fourth-order valence-corrected chi connectivity index (χ4v) is 6.04. The summed E-state index contributed by atoms with van der Waals surface area (Å²) >= 11 is 0. The number of halogens is 1. The third-order valence-electron chi connectivity index (χ3n) is 7.64. The Hall–Kier alpha value is -3.99. The van der Waals surface area contributed by atoms with Gasteiger partial charge in [0.15, 0.2) is 0 Å². The number of aryl methyl sites for hydroxylation is 1. The topological polar surface area (TPSA) is 56.2 Å². The molecule has 2 fully saturated rings. The van der Waals surface area contributed by atoms with Gasteiger partial charge in [-0.2, -0.15) is 0 Å². The number of carbonyl (C=O) groups is 1. The SMILES string of the molecule is C=C(/C=C\C)[C@@H]1[C@H]2CN(C(=O)c3ccccc3)CC21c1cc(C=N)c(Nc2ccc(F)cc2)cc1C. The Morgan fingerprint density at radius 2 is 1.89 bits per heavy atom. The molecule has 3 atom stereocenters. The minimum absolute atomic E-state index is 0.0529. The molecule has 3 aromatic carbocycles. The lowest BCUT2D eigenvalue weighted by Crippen LogP contribution is -2.35. The number of fused-ring (bicyclic) bond motifs is 1. The summed E-state index contributed by atoms with van der Waals surface area (Å²) in [6.45, 7) is 9.75. The molecular weight excluding hydrogens is 449 g/mol. The minimum Gasteiger partial charge on any atom is -0.355 e. The van der Waals surface area contributed by atoms with Gasteiger partial charge in [-0.3, -0.25) is 4.79 Å². The van der Waals surface area contributed by atoms with Crippen LogP contribution < -0.4 is 5.32 Å². The Balaban J connectivity index is 1.51. The number of nitrogens with zero attached hydrogens (tertiary/aromatic N) is 1. The zero-order chi connectivity index (χ0) is 25.4. The molecule has 2 N–H and O–H groups in total. The van der Waals surface area contributed by atoms with E-state index >= 15 is 0 Å². The van der Waals surface area contributed by atoms with Crippen LogP contribution in [-0.4, -0.2) is 30.1 Å². The number of piperidine rings is 1. The predicted molar refractivity (Wildman–Crippen MR) is 144 cm³/mol. The van der Waals surface area contributed by atoms with Crippen LogP contribution in [0.5, 0.6) is 0 Å². The van der Waals surface area contributed by atoms with E-state index in [1.165, 1.54) is 18.3 Å². The third-order valence-corrected chi connectivity index (χ3v) is 7.64. The summed E-state index contributed by atoms with van der Waals surface area (Å²) in [4.78, 5) is 15.3. The molecule has 0 spiro atoms. The van der Waals surface area contributed by atoms with Crippen LogP contribution in [0.2, 0.25) is 0 Å². The van der Waals surface area contributed by atoms with Gasteiger partial charge < -0.3 is 15.6 Å². The molecule has 5 heteroatoms. The second-order valence-corrected chi connectivity index (χ2v) is 9.78. The summed E-state index contributed by atoms with van der Waals surface area (Å²) in [7, 11) is 0. The highest BCUT2D eigenvalue weighted by atomic mass is 19.1. The molecule has 1 amide bonds. The molecule has 5 rings (SSSR count). The average molecular weight is 480 g/mol. The first-order valence-electron chi connectivity index (χ1n) is 12.2. The molecule has 0 aromatic heterocycles. The summed E-state index contributed by atoms with van der Waals surface area (Å²) in [5.74, 6) is 0.294. The lowest BCUT2D eigenvalue weighted by molar-refractivity contribution is 0.0766. The van der Waals surface area contributed by atoms with Gasteiger partial charge in [-0.15, -0.1) is 0 Å². The number of nitrogens with one attached hydrogen (secondary N) is 2. The first-order chi connectivity index (χ1) is 17.4. The van der Waals surface area contributed by atoms with E-state index in [1.54, 1.807) is 12.1 Å². The number of likely N-dealkylation sites (tertiary alicyclic amines) is 1. The van der Waals surface area contributed by atoms with Gasteiger partial charge in [0.05, 0.1) is 0 Å². The first-order valence-corrected chi connectivity index (χ1v) is 12.2. The average Bonchev–Trinajstić information content (AvgIpc) is 3.35. The van der Waals surface area contributed by atoms with E-state index in [4.69, 9.17) is 5.41 Å². The van der Waals surface area contributed by atoms with Crippen LogP contribution >= 0.6 is 0 Å². The first kappa shape index (κ1) is 23.7. The maximum atomic E-state index is 13.4. The molecule has 2 aliphatic rings. The molecule has 1 unspecified atom stereocenters. The highest BCUT2D eigenvalue weighted by Crippen LogP contribution is 2.67.